The average molecular weight is 548 g/mol. The molecular weight excluding hydrogens is 518 g/mol. The number of aromatic nitrogens is 1. The topological polar surface area (TPSA) is 82.5 Å². The first-order chi connectivity index (χ1) is 18.3. The van der Waals surface area contributed by atoms with Crippen molar-refractivity contribution in [2.75, 3.05) is 18.0 Å². The zero-order valence-electron chi connectivity index (χ0n) is 21.4. The number of carbonyl (C=O) groups is 2. The van der Waals surface area contributed by atoms with Crippen LogP contribution in [0.5, 0.6) is 0 Å². The van der Waals surface area contributed by atoms with Crippen molar-refractivity contribution in [2.45, 2.75) is 33.2 Å². The third-order valence-corrected chi connectivity index (χ3v) is 7.37. The maximum Gasteiger partial charge on any atom is 0.305 e. The van der Waals surface area contributed by atoms with Crippen LogP contribution in [-0.4, -0.2) is 35.1 Å². The van der Waals surface area contributed by atoms with Crippen LogP contribution in [0.2, 0.25) is 5.02 Å². The fourth-order valence-electron chi connectivity index (χ4n) is 4.16. The molecule has 8 heteroatoms. The van der Waals surface area contributed by atoms with Crippen LogP contribution in [0.15, 0.2) is 72.1 Å². The molecule has 4 rings (SSSR count). The molecule has 0 bridgehead atoms. The minimum atomic E-state index is -0.942. The molecular formula is C30H30ClN3O3S. The summed E-state index contributed by atoms with van der Waals surface area (Å²) in [7, 11) is 0. The van der Waals surface area contributed by atoms with Crippen molar-refractivity contribution in [1.29, 1.82) is 0 Å². The molecule has 0 aliphatic heterocycles. The molecule has 4 aromatic rings. The Labute approximate surface area is 231 Å². The van der Waals surface area contributed by atoms with Crippen molar-refractivity contribution in [3.63, 3.8) is 0 Å². The van der Waals surface area contributed by atoms with E-state index in [0.29, 0.717) is 12.1 Å². The van der Waals surface area contributed by atoms with Gasteiger partial charge in [-0.1, -0.05) is 59.6 Å². The second-order valence-corrected chi connectivity index (χ2v) is 10.5. The average Bonchev–Trinajstić information content (AvgIpc) is 3.37. The van der Waals surface area contributed by atoms with Crippen LogP contribution in [0.1, 0.15) is 39.0 Å². The number of halogens is 1. The highest BCUT2D eigenvalue weighted by atomic mass is 35.5. The predicted octanol–water partition coefficient (Wildman–Crippen LogP) is 6.53. The summed E-state index contributed by atoms with van der Waals surface area (Å²) < 4.78 is 0. The summed E-state index contributed by atoms with van der Waals surface area (Å²) in [5, 5.41) is 15.2. The van der Waals surface area contributed by atoms with Crippen LogP contribution < -0.4 is 10.2 Å². The van der Waals surface area contributed by atoms with E-state index in [1.165, 1.54) is 16.7 Å². The number of nitrogens with one attached hydrogen (secondary N) is 1. The Morgan fingerprint density at radius 3 is 2.39 bits per heavy atom. The standard InChI is InChI=1S/C30H30ClN3O3S/c1-20-3-12-26(21(2)17-20)27-19-38-30(33-27)34(16-14-22-6-10-25(31)11-7-22)18-23-4-8-24(9-5-23)29(37)32-15-13-28(35)36/h3-12,17,19H,13-16,18H2,1-2H3,(H,32,37)(H,35,36). The van der Waals surface area contributed by atoms with Gasteiger partial charge >= 0.3 is 5.97 Å². The number of rotatable bonds is 11. The molecule has 6 nitrogen and oxygen atoms in total. The van der Waals surface area contributed by atoms with Crippen LogP contribution in [-0.2, 0) is 17.8 Å². The number of anilines is 1. The maximum atomic E-state index is 12.3. The van der Waals surface area contributed by atoms with Crippen LogP contribution in [0.3, 0.4) is 0 Å². The Balaban J connectivity index is 1.52. The molecule has 0 radical (unpaired) electrons. The molecule has 38 heavy (non-hydrogen) atoms. The van der Waals surface area contributed by atoms with Gasteiger partial charge in [0.1, 0.15) is 0 Å². The third-order valence-electron chi connectivity index (χ3n) is 6.22. The number of carbonyl (C=O) groups excluding carboxylic acids is 1. The molecule has 196 valence electrons. The van der Waals surface area contributed by atoms with Gasteiger partial charge in [0.15, 0.2) is 5.13 Å². The van der Waals surface area contributed by atoms with Crippen molar-refractivity contribution in [3.8, 4) is 11.3 Å². The van der Waals surface area contributed by atoms with E-state index in [-0.39, 0.29) is 18.9 Å². The predicted molar refractivity (Wildman–Crippen MR) is 154 cm³/mol. The molecule has 0 atom stereocenters. The fraction of sp³-hybridized carbons (Fsp3) is 0.233. The summed E-state index contributed by atoms with van der Waals surface area (Å²) in [6.45, 7) is 5.69. The Morgan fingerprint density at radius 1 is 1.00 bits per heavy atom. The first kappa shape index (κ1) is 27.4. The molecule has 0 unspecified atom stereocenters. The third kappa shape index (κ3) is 7.43. The lowest BCUT2D eigenvalue weighted by atomic mass is 10.0. The monoisotopic (exact) mass is 547 g/mol. The summed E-state index contributed by atoms with van der Waals surface area (Å²) in [6, 6.07) is 21.7. The maximum absolute atomic E-state index is 12.3. The smallest absolute Gasteiger partial charge is 0.305 e. The Morgan fingerprint density at radius 2 is 1.71 bits per heavy atom. The molecule has 0 saturated heterocycles. The zero-order chi connectivity index (χ0) is 27.1. The fourth-order valence-corrected chi connectivity index (χ4v) is 5.14. The number of carboxylic acid groups (broad SMARTS) is 1. The van der Waals surface area contributed by atoms with E-state index in [1.807, 2.05) is 36.4 Å². The van der Waals surface area contributed by atoms with E-state index in [9.17, 15) is 9.59 Å². The minimum Gasteiger partial charge on any atom is -0.481 e. The summed E-state index contributed by atoms with van der Waals surface area (Å²) in [4.78, 5) is 30.3. The number of hydrogen-bond acceptors (Lipinski definition) is 5. The van der Waals surface area contributed by atoms with Gasteiger partial charge in [-0.3, -0.25) is 9.59 Å². The normalized spacial score (nSPS) is 10.8. The number of aryl methyl sites for hydroxylation is 2. The SMILES string of the molecule is Cc1ccc(-c2csc(N(CCc3ccc(Cl)cc3)Cc3ccc(C(=O)NCCC(=O)O)cc3)n2)c(C)c1. The summed E-state index contributed by atoms with van der Waals surface area (Å²) >= 11 is 7.69. The molecule has 1 amide bonds. The van der Waals surface area contributed by atoms with Crippen LogP contribution in [0, 0.1) is 13.8 Å². The van der Waals surface area contributed by atoms with Gasteiger partial charge in [-0.25, -0.2) is 4.98 Å². The highest BCUT2D eigenvalue weighted by Crippen LogP contribution is 2.31. The first-order valence-corrected chi connectivity index (χ1v) is 13.7. The molecule has 0 fully saturated rings. The van der Waals surface area contributed by atoms with Crippen molar-refractivity contribution in [3.05, 3.63) is 105 Å². The number of amides is 1. The molecule has 0 aliphatic carbocycles. The zero-order valence-corrected chi connectivity index (χ0v) is 23.0. The van der Waals surface area contributed by atoms with E-state index in [4.69, 9.17) is 21.7 Å². The number of hydrogen-bond donors (Lipinski definition) is 2. The molecule has 0 aliphatic rings. The molecule has 0 saturated carbocycles. The molecule has 0 spiro atoms. The number of benzene rings is 3. The van der Waals surface area contributed by atoms with Crippen molar-refractivity contribution < 1.29 is 14.7 Å². The Kier molecular flexibility index (Phi) is 9.15. The van der Waals surface area contributed by atoms with E-state index < -0.39 is 5.97 Å². The highest BCUT2D eigenvalue weighted by molar-refractivity contribution is 7.14. The number of carboxylic acids is 1. The Hall–Kier alpha value is -3.68. The number of aliphatic carboxylic acids is 1. The van der Waals surface area contributed by atoms with Gasteiger partial charge in [0.25, 0.3) is 5.91 Å². The van der Waals surface area contributed by atoms with Gasteiger partial charge in [-0.2, -0.15) is 0 Å². The van der Waals surface area contributed by atoms with Gasteiger partial charge in [-0.15, -0.1) is 11.3 Å². The van der Waals surface area contributed by atoms with Crippen molar-refractivity contribution in [2.24, 2.45) is 0 Å². The van der Waals surface area contributed by atoms with Gasteiger partial charge in [0.2, 0.25) is 0 Å². The first-order valence-electron chi connectivity index (χ1n) is 12.4. The quantitative estimate of drug-likeness (QED) is 0.223. The highest BCUT2D eigenvalue weighted by Gasteiger charge is 2.15. The van der Waals surface area contributed by atoms with Gasteiger partial charge in [-0.05, 0) is 61.2 Å². The molecule has 3 aromatic carbocycles. The van der Waals surface area contributed by atoms with Gasteiger partial charge < -0.3 is 15.3 Å². The Bertz CT molecular complexity index is 1400. The van der Waals surface area contributed by atoms with Crippen LogP contribution in [0.25, 0.3) is 11.3 Å². The molecule has 1 aromatic heterocycles. The van der Waals surface area contributed by atoms with Crippen molar-refractivity contribution in [1.82, 2.24) is 10.3 Å². The van der Waals surface area contributed by atoms with Crippen molar-refractivity contribution >= 4 is 39.9 Å². The molecule has 2 N–H and O–H groups in total. The van der Waals surface area contributed by atoms with E-state index in [0.717, 1.165) is 39.9 Å². The number of nitrogens with zero attached hydrogens (tertiary/aromatic N) is 2. The molecule has 1 heterocycles. The van der Waals surface area contributed by atoms with E-state index in [2.05, 4.69) is 47.6 Å². The van der Waals surface area contributed by atoms with Gasteiger partial charge in [0.05, 0.1) is 12.1 Å². The minimum absolute atomic E-state index is 0.0984. The summed E-state index contributed by atoms with van der Waals surface area (Å²) in [6.07, 6.45) is 0.726. The van der Waals surface area contributed by atoms with Gasteiger partial charge in [0, 0.05) is 41.2 Å². The summed E-state index contributed by atoms with van der Waals surface area (Å²) in [5.74, 6) is -1.22. The largest absolute Gasteiger partial charge is 0.481 e. The second-order valence-electron chi connectivity index (χ2n) is 9.23. The second kappa shape index (κ2) is 12.7. The van der Waals surface area contributed by atoms with Crippen LogP contribution in [0.4, 0.5) is 5.13 Å². The lowest BCUT2D eigenvalue weighted by Gasteiger charge is -2.22. The lowest BCUT2D eigenvalue weighted by molar-refractivity contribution is -0.136. The van der Waals surface area contributed by atoms with E-state index in [1.54, 1.807) is 23.5 Å². The lowest BCUT2D eigenvalue weighted by Crippen LogP contribution is -2.26. The number of thiazole rings is 1. The summed E-state index contributed by atoms with van der Waals surface area (Å²) in [5.41, 5.74) is 7.27. The van der Waals surface area contributed by atoms with E-state index >= 15 is 0 Å². The van der Waals surface area contributed by atoms with Crippen LogP contribution >= 0.6 is 22.9 Å².